The minimum absolute atomic E-state index is 0.135. The third kappa shape index (κ3) is 3.60. The molecule has 0 saturated carbocycles. The molecule has 0 fully saturated rings. The van der Waals surface area contributed by atoms with E-state index in [1.54, 1.807) is 11.3 Å². The topological polar surface area (TPSA) is 118 Å². The molecule has 2 aliphatic carbocycles. The van der Waals surface area contributed by atoms with Gasteiger partial charge in [0.15, 0.2) is 0 Å². The van der Waals surface area contributed by atoms with Crippen molar-refractivity contribution < 1.29 is 9.53 Å². The summed E-state index contributed by atoms with van der Waals surface area (Å²) < 4.78 is 7.34. The Labute approximate surface area is 220 Å². The number of nitrogen functional groups attached to an aromatic ring is 1. The number of thiophene rings is 1. The van der Waals surface area contributed by atoms with Crippen LogP contribution in [0, 0.1) is 43.4 Å². The van der Waals surface area contributed by atoms with E-state index in [4.69, 9.17) is 10.5 Å². The Morgan fingerprint density at radius 1 is 1.19 bits per heavy atom. The highest BCUT2D eigenvalue weighted by atomic mass is 32.1. The number of aromatic nitrogens is 2. The molecule has 0 aromatic carbocycles. The normalized spacial score (nSPS) is 15.4. The number of nitriles is 2. The summed E-state index contributed by atoms with van der Waals surface area (Å²) in [6, 6.07) is 6.51. The molecule has 0 radical (unpaired) electrons. The van der Waals surface area contributed by atoms with Gasteiger partial charge in [0.1, 0.15) is 23.0 Å². The standard InChI is InChI=1S/C29H27N5O2S/c1-14-10-18(11-20-15(2)21(12-30)26-24(20)16(3)22(13-31)27(32)33-26)17(4)34(14)28-25(29(35)36-5)19-8-6-7-9-23(19)37-28/h10-11H,6-9H2,1-5H3,(H2,32,33)/b20-11-. The summed E-state index contributed by atoms with van der Waals surface area (Å²) in [6.07, 6.45) is 6.12. The molecule has 3 aromatic heterocycles. The Kier molecular flexibility index (Phi) is 6.01. The Hall–Kier alpha value is -4.14. The molecule has 0 spiro atoms. The van der Waals surface area contributed by atoms with Gasteiger partial charge < -0.3 is 15.0 Å². The summed E-state index contributed by atoms with van der Waals surface area (Å²) in [5.41, 5.74) is 15.2. The van der Waals surface area contributed by atoms with E-state index in [-0.39, 0.29) is 11.8 Å². The maximum Gasteiger partial charge on any atom is 0.341 e. The summed E-state index contributed by atoms with van der Waals surface area (Å²) in [4.78, 5) is 18.6. The van der Waals surface area contributed by atoms with Gasteiger partial charge in [-0.3, -0.25) is 0 Å². The first-order chi connectivity index (χ1) is 17.7. The average Bonchev–Trinajstić information content (AvgIpc) is 3.47. The van der Waals surface area contributed by atoms with E-state index in [2.05, 4.69) is 33.8 Å². The Morgan fingerprint density at radius 2 is 1.92 bits per heavy atom. The fourth-order valence-corrected chi connectivity index (χ4v) is 7.11. The van der Waals surface area contributed by atoms with E-state index < -0.39 is 0 Å². The van der Waals surface area contributed by atoms with Crippen LogP contribution >= 0.6 is 11.3 Å². The molecule has 2 aliphatic rings. The van der Waals surface area contributed by atoms with Crippen LogP contribution in [0.4, 0.5) is 5.82 Å². The first kappa shape index (κ1) is 24.5. The lowest BCUT2D eigenvalue weighted by atomic mass is 9.95. The highest BCUT2D eigenvalue weighted by molar-refractivity contribution is 7.15. The number of rotatable bonds is 3. The maximum absolute atomic E-state index is 12.9. The average molecular weight is 510 g/mol. The van der Waals surface area contributed by atoms with Crippen LogP contribution in [0.3, 0.4) is 0 Å². The number of anilines is 1. The first-order valence-corrected chi connectivity index (χ1v) is 13.0. The summed E-state index contributed by atoms with van der Waals surface area (Å²) in [6.45, 7) is 7.81. The first-order valence-electron chi connectivity index (χ1n) is 12.2. The Balaban J connectivity index is 1.73. The van der Waals surface area contributed by atoms with Gasteiger partial charge in [-0.05, 0) is 93.4 Å². The SMILES string of the molecule is COC(=O)c1c(-n2c(C)cc(/C=C3/C(C)=C(C#N)c4nc(N)c(C#N)c(C)c43)c2C)sc2c1CCCC2. The Morgan fingerprint density at radius 3 is 2.59 bits per heavy atom. The molecule has 0 aliphatic heterocycles. The second kappa shape index (κ2) is 9.06. The number of esters is 1. The maximum atomic E-state index is 12.9. The molecule has 7 nitrogen and oxygen atoms in total. The van der Waals surface area contributed by atoms with Crippen LogP contribution in [0.2, 0.25) is 0 Å². The van der Waals surface area contributed by atoms with Crippen LogP contribution in [-0.2, 0) is 17.6 Å². The third-order valence-electron chi connectivity index (χ3n) is 7.50. The van der Waals surface area contributed by atoms with Crippen LogP contribution < -0.4 is 5.73 Å². The molecule has 0 amide bonds. The van der Waals surface area contributed by atoms with Gasteiger partial charge >= 0.3 is 5.97 Å². The van der Waals surface area contributed by atoms with Crippen molar-refractivity contribution in [3.05, 3.63) is 67.0 Å². The number of methoxy groups -OCH3 is 1. The summed E-state index contributed by atoms with van der Waals surface area (Å²) in [7, 11) is 1.43. The van der Waals surface area contributed by atoms with E-state index in [1.807, 2.05) is 27.7 Å². The number of hydrogen-bond donors (Lipinski definition) is 1. The van der Waals surface area contributed by atoms with Crippen LogP contribution in [0.15, 0.2) is 11.6 Å². The summed E-state index contributed by atoms with van der Waals surface area (Å²) >= 11 is 1.67. The van der Waals surface area contributed by atoms with E-state index in [0.717, 1.165) is 69.9 Å². The van der Waals surface area contributed by atoms with Gasteiger partial charge in [-0.15, -0.1) is 11.3 Å². The number of hydrogen-bond acceptors (Lipinski definition) is 7. The van der Waals surface area contributed by atoms with Crippen molar-refractivity contribution in [2.75, 3.05) is 12.8 Å². The molecule has 0 saturated heterocycles. The van der Waals surface area contributed by atoms with Crippen LogP contribution in [0.5, 0.6) is 0 Å². The minimum Gasteiger partial charge on any atom is -0.465 e. The number of ether oxygens (including phenoxy) is 1. The number of carbonyl (C=O) groups excluding carboxylic acids is 1. The largest absolute Gasteiger partial charge is 0.465 e. The molecule has 186 valence electrons. The molecule has 8 heteroatoms. The fourth-order valence-electron chi connectivity index (χ4n) is 5.62. The lowest BCUT2D eigenvalue weighted by Gasteiger charge is -2.13. The van der Waals surface area contributed by atoms with Crippen molar-refractivity contribution in [2.24, 2.45) is 0 Å². The molecule has 2 N–H and O–H groups in total. The van der Waals surface area contributed by atoms with Crippen molar-refractivity contribution in [1.29, 1.82) is 10.5 Å². The van der Waals surface area contributed by atoms with Crippen molar-refractivity contribution in [3.63, 3.8) is 0 Å². The smallest absolute Gasteiger partial charge is 0.341 e. The quantitative estimate of drug-likeness (QED) is 0.444. The zero-order valence-electron chi connectivity index (χ0n) is 21.6. The summed E-state index contributed by atoms with van der Waals surface area (Å²) in [5, 5.41) is 20.4. The van der Waals surface area contributed by atoms with Crippen molar-refractivity contribution >= 4 is 40.3 Å². The van der Waals surface area contributed by atoms with Crippen LogP contribution in [-0.4, -0.2) is 22.6 Å². The number of pyridine rings is 1. The Bertz CT molecular complexity index is 1650. The van der Waals surface area contributed by atoms with Gasteiger partial charge in [0, 0.05) is 21.8 Å². The van der Waals surface area contributed by atoms with Crippen molar-refractivity contribution in [3.8, 4) is 17.1 Å². The molecule has 3 heterocycles. The lowest BCUT2D eigenvalue weighted by molar-refractivity contribution is 0.0600. The molecule has 0 atom stereocenters. The van der Waals surface area contributed by atoms with Crippen molar-refractivity contribution in [2.45, 2.75) is 53.4 Å². The fraction of sp³-hybridized carbons (Fsp3) is 0.310. The van der Waals surface area contributed by atoms with Gasteiger partial charge in [-0.1, -0.05) is 0 Å². The molecule has 0 bridgehead atoms. The second-order valence-corrected chi connectivity index (χ2v) is 10.6. The molecule has 37 heavy (non-hydrogen) atoms. The number of nitrogens with zero attached hydrogens (tertiary/aromatic N) is 4. The van der Waals surface area contributed by atoms with Gasteiger partial charge in [-0.25, -0.2) is 9.78 Å². The van der Waals surface area contributed by atoms with E-state index in [0.29, 0.717) is 28.0 Å². The van der Waals surface area contributed by atoms with E-state index in [9.17, 15) is 15.3 Å². The zero-order chi connectivity index (χ0) is 26.6. The predicted octanol–water partition coefficient (Wildman–Crippen LogP) is 5.83. The molecule has 0 unspecified atom stereocenters. The zero-order valence-corrected chi connectivity index (χ0v) is 22.4. The van der Waals surface area contributed by atoms with Crippen LogP contribution in [0.1, 0.15) is 79.9 Å². The number of allylic oxidation sites excluding steroid dienone is 3. The van der Waals surface area contributed by atoms with Crippen LogP contribution in [0.25, 0.3) is 22.2 Å². The van der Waals surface area contributed by atoms with Gasteiger partial charge in [0.2, 0.25) is 0 Å². The van der Waals surface area contributed by atoms with E-state index in [1.165, 1.54) is 12.0 Å². The predicted molar refractivity (Wildman–Crippen MR) is 145 cm³/mol. The highest BCUT2D eigenvalue weighted by Gasteiger charge is 2.31. The molecular weight excluding hydrogens is 482 g/mol. The van der Waals surface area contributed by atoms with Crippen molar-refractivity contribution in [1.82, 2.24) is 9.55 Å². The number of nitrogens with two attached hydrogens (primary N) is 1. The number of fused-ring (bicyclic) bond motifs is 2. The van der Waals surface area contributed by atoms with Gasteiger partial charge in [0.25, 0.3) is 0 Å². The highest BCUT2D eigenvalue weighted by Crippen LogP contribution is 2.45. The molecule has 5 rings (SSSR count). The third-order valence-corrected chi connectivity index (χ3v) is 8.78. The van der Waals surface area contributed by atoms with E-state index >= 15 is 0 Å². The molecule has 3 aromatic rings. The number of aryl methyl sites for hydroxylation is 2. The second-order valence-electron chi connectivity index (χ2n) is 9.55. The minimum atomic E-state index is -0.299. The van der Waals surface area contributed by atoms with Gasteiger partial charge in [-0.2, -0.15) is 10.5 Å². The monoisotopic (exact) mass is 509 g/mol. The number of carbonyl (C=O) groups is 1. The lowest BCUT2D eigenvalue weighted by Crippen LogP contribution is -2.11. The van der Waals surface area contributed by atoms with Gasteiger partial charge in [0.05, 0.1) is 29.5 Å². The summed E-state index contributed by atoms with van der Waals surface area (Å²) in [5.74, 6) is -0.164. The molecular formula is C29H27N5O2S.